The van der Waals surface area contributed by atoms with Crippen molar-refractivity contribution in [3.8, 4) is 0 Å². The summed E-state index contributed by atoms with van der Waals surface area (Å²) in [6, 6.07) is 10.3. The summed E-state index contributed by atoms with van der Waals surface area (Å²) in [5, 5.41) is 3.39. The number of carbonyl (C=O) groups excluding carboxylic acids is 2. The third-order valence-electron chi connectivity index (χ3n) is 4.65. The maximum Gasteiger partial charge on any atom is 0.226 e. The summed E-state index contributed by atoms with van der Waals surface area (Å²) >= 11 is 1.46. The monoisotopic (exact) mass is 357 g/mol. The first kappa shape index (κ1) is 17.6. The minimum absolute atomic E-state index is 0.0556. The quantitative estimate of drug-likeness (QED) is 0.891. The van der Waals surface area contributed by atoms with E-state index >= 15 is 0 Å². The smallest absolute Gasteiger partial charge is 0.226 e. The highest BCUT2D eigenvalue weighted by molar-refractivity contribution is 7.15. The maximum atomic E-state index is 12.4. The van der Waals surface area contributed by atoms with Gasteiger partial charge in [-0.15, -0.1) is 11.3 Å². The van der Waals surface area contributed by atoms with E-state index < -0.39 is 0 Å². The Bertz CT molecular complexity index is 738. The fraction of sp³-hybridized carbons (Fsp3) is 0.421. The molecule has 1 aromatic heterocycles. The Morgan fingerprint density at radius 3 is 2.68 bits per heavy atom. The molecule has 0 radical (unpaired) electrons. The van der Waals surface area contributed by atoms with Gasteiger partial charge in [0.15, 0.2) is 5.13 Å². The lowest BCUT2D eigenvalue weighted by molar-refractivity contribution is -0.131. The van der Waals surface area contributed by atoms with Gasteiger partial charge in [0.1, 0.15) is 0 Å². The number of aryl methyl sites for hydroxylation is 2. The number of hydrogen-bond donors (Lipinski definition) is 1. The molecule has 132 valence electrons. The highest BCUT2D eigenvalue weighted by atomic mass is 32.1. The Morgan fingerprint density at radius 2 is 2.00 bits per heavy atom. The van der Waals surface area contributed by atoms with Crippen molar-refractivity contribution in [3.63, 3.8) is 0 Å². The fourth-order valence-corrected chi connectivity index (χ4v) is 3.90. The number of likely N-dealkylation sites (tertiary alicyclic amines) is 1. The van der Waals surface area contributed by atoms with Crippen LogP contribution in [0.5, 0.6) is 0 Å². The zero-order chi connectivity index (χ0) is 17.8. The number of hydrogen-bond acceptors (Lipinski definition) is 4. The molecule has 1 aromatic carbocycles. The number of nitrogens with zero attached hydrogens (tertiary/aromatic N) is 2. The van der Waals surface area contributed by atoms with E-state index in [9.17, 15) is 9.59 Å². The molecule has 5 nitrogen and oxygen atoms in total. The number of anilines is 1. The fourth-order valence-electron chi connectivity index (χ4n) is 3.07. The lowest BCUT2D eigenvalue weighted by Crippen LogP contribution is -2.29. The van der Waals surface area contributed by atoms with Gasteiger partial charge in [0.05, 0.1) is 5.69 Å². The number of aromatic nitrogens is 1. The summed E-state index contributed by atoms with van der Waals surface area (Å²) in [7, 11) is 0. The van der Waals surface area contributed by atoms with Gasteiger partial charge in [-0.1, -0.05) is 30.3 Å². The zero-order valence-corrected chi connectivity index (χ0v) is 15.4. The number of thiazole rings is 1. The van der Waals surface area contributed by atoms with Crippen LogP contribution in [0, 0.1) is 13.8 Å². The molecular weight excluding hydrogens is 334 g/mol. The van der Waals surface area contributed by atoms with E-state index in [1.165, 1.54) is 16.9 Å². The summed E-state index contributed by atoms with van der Waals surface area (Å²) in [6.07, 6.45) is 1.43. The Hall–Kier alpha value is -2.21. The average molecular weight is 357 g/mol. The number of carbonyl (C=O) groups is 2. The van der Waals surface area contributed by atoms with Gasteiger partial charge in [0, 0.05) is 36.7 Å². The Kier molecular flexibility index (Phi) is 5.48. The van der Waals surface area contributed by atoms with Crippen LogP contribution < -0.4 is 5.32 Å². The molecule has 0 bridgehead atoms. The van der Waals surface area contributed by atoms with Crippen LogP contribution >= 0.6 is 11.3 Å². The van der Waals surface area contributed by atoms with Crippen LogP contribution in [0.15, 0.2) is 30.3 Å². The van der Waals surface area contributed by atoms with E-state index in [1.54, 1.807) is 0 Å². The molecule has 1 N–H and O–H groups in total. The van der Waals surface area contributed by atoms with Crippen molar-refractivity contribution in [3.05, 3.63) is 46.5 Å². The predicted molar refractivity (Wildman–Crippen MR) is 99.8 cm³/mol. The first-order valence-corrected chi connectivity index (χ1v) is 9.41. The highest BCUT2D eigenvalue weighted by Crippen LogP contribution is 2.27. The first-order valence-electron chi connectivity index (χ1n) is 8.59. The Balaban J connectivity index is 1.45. The molecule has 2 heterocycles. The summed E-state index contributed by atoms with van der Waals surface area (Å²) in [6.45, 7) is 5.41. The molecule has 0 aliphatic carbocycles. The van der Waals surface area contributed by atoms with E-state index in [-0.39, 0.29) is 24.7 Å². The Morgan fingerprint density at radius 1 is 1.24 bits per heavy atom. The molecule has 1 atom stereocenters. The molecule has 1 aliphatic rings. The second-order valence-corrected chi connectivity index (χ2v) is 7.65. The topological polar surface area (TPSA) is 62.3 Å². The van der Waals surface area contributed by atoms with Crippen LogP contribution in [0.1, 0.15) is 41.3 Å². The standard InChI is InChI=1S/C19H23N3O2S/c1-13-14(2)25-19(20-13)21-17(23)8-9-18(24)22-11-10-16(12-22)15-6-4-3-5-7-15/h3-7,16H,8-12H2,1-2H3,(H,20,21,23)/t16-/m0/s1. The third-order valence-corrected chi connectivity index (χ3v) is 5.64. The molecule has 3 rings (SSSR count). The molecule has 1 aliphatic heterocycles. The minimum Gasteiger partial charge on any atom is -0.342 e. The number of nitrogens with one attached hydrogen (secondary N) is 1. The van der Waals surface area contributed by atoms with E-state index in [1.807, 2.05) is 36.9 Å². The van der Waals surface area contributed by atoms with Crippen molar-refractivity contribution < 1.29 is 9.59 Å². The van der Waals surface area contributed by atoms with Crippen LogP contribution in [0.2, 0.25) is 0 Å². The second kappa shape index (κ2) is 7.78. The molecule has 2 aromatic rings. The van der Waals surface area contributed by atoms with Gasteiger partial charge < -0.3 is 10.2 Å². The summed E-state index contributed by atoms with van der Waals surface area (Å²) in [5.41, 5.74) is 2.21. The zero-order valence-electron chi connectivity index (χ0n) is 14.6. The van der Waals surface area contributed by atoms with Crippen LogP contribution in [-0.4, -0.2) is 34.8 Å². The molecule has 2 amide bonds. The van der Waals surface area contributed by atoms with E-state index in [4.69, 9.17) is 0 Å². The molecule has 0 unspecified atom stereocenters. The van der Waals surface area contributed by atoms with Gasteiger partial charge in [-0.05, 0) is 25.8 Å². The van der Waals surface area contributed by atoms with Crippen LogP contribution in [0.4, 0.5) is 5.13 Å². The summed E-state index contributed by atoms with van der Waals surface area (Å²) in [5.74, 6) is 0.307. The van der Waals surface area contributed by atoms with Crippen LogP contribution in [0.3, 0.4) is 0 Å². The number of amides is 2. The van der Waals surface area contributed by atoms with Crippen molar-refractivity contribution in [2.24, 2.45) is 0 Å². The lowest BCUT2D eigenvalue weighted by atomic mass is 9.99. The SMILES string of the molecule is Cc1nc(NC(=O)CCC(=O)N2CC[C@H](c3ccccc3)C2)sc1C. The van der Waals surface area contributed by atoms with Gasteiger partial charge >= 0.3 is 0 Å². The van der Waals surface area contributed by atoms with Crippen molar-refractivity contribution >= 4 is 28.3 Å². The average Bonchev–Trinajstić information content (AvgIpc) is 3.21. The van der Waals surface area contributed by atoms with Crippen molar-refractivity contribution in [2.45, 2.75) is 39.0 Å². The van der Waals surface area contributed by atoms with Gasteiger partial charge in [-0.25, -0.2) is 4.98 Å². The van der Waals surface area contributed by atoms with Crippen molar-refractivity contribution in [1.82, 2.24) is 9.88 Å². The van der Waals surface area contributed by atoms with Gasteiger partial charge in [0.25, 0.3) is 0 Å². The third kappa shape index (κ3) is 4.45. The first-order chi connectivity index (χ1) is 12.0. The van der Waals surface area contributed by atoms with Crippen molar-refractivity contribution in [2.75, 3.05) is 18.4 Å². The maximum absolute atomic E-state index is 12.4. The molecule has 1 saturated heterocycles. The van der Waals surface area contributed by atoms with E-state index in [0.717, 1.165) is 30.1 Å². The lowest BCUT2D eigenvalue weighted by Gasteiger charge is -2.16. The molecular formula is C19H23N3O2S. The molecule has 6 heteroatoms. The van der Waals surface area contributed by atoms with E-state index in [0.29, 0.717) is 11.0 Å². The summed E-state index contributed by atoms with van der Waals surface area (Å²) < 4.78 is 0. The molecule has 25 heavy (non-hydrogen) atoms. The van der Waals surface area contributed by atoms with Crippen LogP contribution in [-0.2, 0) is 9.59 Å². The number of benzene rings is 1. The van der Waals surface area contributed by atoms with Gasteiger partial charge in [-0.3, -0.25) is 9.59 Å². The largest absolute Gasteiger partial charge is 0.342 e. The number of rotatable bonds is 5. The normalized spacial score (nSPS) is 16.9. The van der Waals surface area contributed by atoms with Gasteiger partial charge in [0.2, 0.25) is 11.8 Å². The second-order valence-electron chi connectivity index (χ2n) is 6.44. The predicted octanol–water partition coefficient (Wildman–Crippen LogP) is 3.49. The van der Waals surface area contributed by atoms with Crippen LogP contribution in [0.25, 0.3) is 0 Å². The molecule has 0 saturated carbocycles. The Labute approximate surface area is 152 Å². The van der Waals surface area contributed by atoms with Gasteiger partial charge in [-0.2, -0.15) is 0 Å². The van der Waals surface area contributed by atoms with Crippen molar-refractivity contribution in [1.29, 1.82) is 0 Å². The minimum atomic E-state index is -0.152. The molecule has 0 spiro atoms. The molecule has 1 fully saturated rings. The van der Waals surface area contributed by atoms with E-state index in [2.05, 4.69) is 22.4 Å². The highest BCUT2D eigenvalue weighted by Gasteiger charge is 2.27. The summed E-state index contributed by atoms with van der Waals surface area (Å²) in [4.78, 5) is 31.7.